The van der Waals surface area contributed by atoms with E-state index >= 15 is 0 Å². The summed E-state index contributed by atoms with van der Waals surface area (Å²) in [6.07, 6.45) is 11.3. The molecule has 9 heteroatoms. The second-order valence-corrected chi connectivity index (χ2v) is 7.50. The van der Waals surface area contributed by atoms with Gasteiger partial charge in [-0.05, 0) is 31.7 Å². The number of hydrogen-bond donors (Lipinski definition) is 3. The van der Waals surface area contributed by atoms with Crippen LogP contribution in [-0.2, 0) is 4.79 Å². The summed E-state index contributed by atoms with van der Waals surface area (Å²) in [7, 11) is 0. The fraction of sp³-hybridized carbons (Fsp3) is 0.350. The highest BCUT2D eigenvalue weighted by Crippen LogP contribution is 2.27. The highest BCUT2D eigenvalue weighted by Gasteiger charge is 2.22. The molecular weight excluding hydrogens is 368 g/mol. The quantitative estimate of drug-likeness (QED) is 0.494. The molecule has 148 valence electrons. The van der Waals surface area contributed by atoms with Gasteiger partial charge in [0, 0.05) is 54.6 Å². The van der Waals surface area contributed by atoms with Crippen molar-refractivity contribution in [2.45, 2.75) is 44.7 Å². The van der Waals surface area contributed by atoms with Gasteiger partial charge in [0.15, 0.2) is 5.65 Å². The van der Waals surface area contributed by atoms with Crippen LogP contribution in [0.5, 0.6) is 0 Å². The standard InChI is InChI=1S/C20H22N8O/c1-12(29)24-13-2-4-14(5-3-13)25-20-22-11-16-15(10-21-19(16)27-20)17-7-9-28-18(26-17)6-8-23-28/h6-11,13-14H,2-5H2,1H3,(H,24,29)(H2,21,22,25,27)/t13-,14+. The Balaban J connectivity index is 1.32. The monoisotopic (exact) mass is 390 g/mol. The second-order valence-electron chi connectivity index (χ2n) is 7.50. The number of H-pyrrole nitrogens is 1. The van der Waals surface area contributed by atoms with Crippen LogP contribution in [0.25, 0.3) is 27.9 Å². The third-order valence-electron chi connectivity index (χ3n) is 5.43. The van der Waals surface area contributed by atoms with Crippen molar-refractivity contribution in [3.63, 3.8) is 0 Å². The largest absolute Gasteiger partial charge is 0.354 e. The van der Waals surface area contributed by atoms with Crippen molar-refractivity contribution in [2.24, 2.45) is 0 Å². The van der Waals surface area contributed by atoms with Crippen molar-refractivity contribution in [2.75, 3.05) is 5.32 Å². The van der Waals surface area contributed by atoms with Crippen molar-refractivity contribution < 1.29 is 4.79 Å². The molecule has 0 spiro atoms. The Morgan fingerprint density at radius 2 is 2.00 bits per heavy atom. The molecule has 0 aliphatic heterocycles. The molecule has 0 saturated heterocycles. The van der Waals surface area contributed by atoms with Gasteiger partial charge in [-0.1, -0.05) is 0 Å². The molecule has 5 rings (SSSR count). The summed E-state index contributed by atoms with van der Waals surface area (Å²) in [4.78, 5) is 28.3. The van der Waals surface area contributed by atoms with Crippen LogP contribution in [0.1, 0.15) is 32.6 Å². The molecule has 0 unspecified atom stereocenters. The summed E-state index contributed by atoms with van der Waals surface area (Å²) in [6, 6.07) is 4.40. The average Bonchev–Trinajstić information content (AvgIpc) is 3.35. The zero-order valence-corrected chi connectivity index (χ0v) is 16.1. The number of fused-ring (bicyclic) bond motifs is 2. The molecule has 0 atom stereocenters. The minimum absolute atomic E-state index is 0.0413. The van der Waals surface area contributed by atoms with Gasteiger partial charge < -0.3 is 15.6 Å². The minimum atomic E-state index is 0.0413. The van der Waals surface area contributed by atoms with Crippen molar-refractivity contribution in [1.82, 2.24) is 34.9 Å². The first-order valence-corrected chi connectivity index (χ1v) is 9.84. The van der Waals surface area contributed by atoms with Crippen molar-refractivity contribution in [1.29, 1.82) is 0 Å². The molecule has 0 bridgehead atoms. The Bertz CT molecular complexity index is 1170. The Hall–Kier alpha value is -3.49. The van der Waals surface area contributed by atoms with Crippen molar-refractivity contribution in [3.05, 3.63) is 36.9 Å². The molecule has 0 radical (unpaired) electrons. The normalized spacial score (nSPS) is 19.5. The van der Waals surface area contributed by atoms with Gasteiger partial charge in [0.05, 0.1) is 11.9 Å². The van der Waals surface area contributed by atoms with Gasteiger partial charge in [-0.3, -0.25) is 4.79 Å². The molecule has 9 nitrogen and oxygen atoms in total. The predicted octanol–water partition coefficient (Wildman–Crippen LogP) is 2.53. The lowest BCUT2D eigenvalue weighted by atomic mass is 9.91. The van der Waals surface area contributed by atoms with Crippen LogP contribution in [0.3, 0.4) is 0 Å². The fourth-order valence-corrected chi connectivity index (χ4v) is 4.00. The van der Waals surface area contributed by atoms with E-state index in [-0.39, 0.29) is 11.9 Å². The van der Waals surface area contributed by atoms with E-state index in [1.165, 1.54) is 0 Å². The Morgan fingerprint density at radius 3 is 2.83 bits per heavy atom. The molecule has 4 heterocycles. The lowest BCUT2D eigenvalue weighted by Crippen LogP contribution is -2.39. The molecule has 1 amide bonds. The van der Waals surface area contributed by atoms with E-state index in [1.54, 1.807) is 17.6 Å². The maximum atomic E-state index is 11.2. The Morgan fingerprint density at radius 1 is 1.17 bits per heavy atom. The van der Waals surface area contributed by atoms with Crippen LogP contribution >= 0.6 is 0 Å². The summed E-state index contributed by atoms with van der Waals surface area (Å²) < 4.78 is 1.73. The number of anilines is 1. The number of aromatic amines is 1. The van der Waals surface area contributed by atoms with Gasteiger partial charge in [0.25, 0.3) is 0 Å². The molecule has 4 aromatic heterocycles. The smallest absolute Gasteiger partial charge is 0.224 e. The van der Waals surface area contributed by atoms with Gasteiger partial charge in [0.2, 0.25) is 11.9 Å². The number of nitrogens with one attached hydrogen (secondary N) is 3. The molecular formula is C20H22N8O. The zero-order chi connectivity index (χ0) is 19.8. The summed E-state index contributed by atoms with van der Waals surface area (Å²) in [6.45, 7) is 1.57. The van der Waals surface area contributed by atoms with E-state index in [2.05, 4.69) is 35.7 Å². The maximum Gasteiger partial charge on any atom is 0.224 e. The number of hydrogen-bond acceptors (Lipinski definition) is 6. The van der Waals surface area contributed by atoms with Crippen LogP contribution in [0, 0.1) is 0 Å². The first-order chi connectivity index (χ1) is 14.2. The topological polar surface area (TPSA) is 113 Å². The fourth-order valence-electron chi connectivity index (χ4n) is 4.00. The Kier molecular flexibility index (Phi) is 4.34. The number of carbonyl (C=O) groups excluding carboxylic acids is 1. The molecule has 29 heavy (non-hydrogen) atoms. The lowest BCUT2D eigenvalue weighted by Gasteiger charge is -2.29. The minimum Gasteiger partial charge on any atom is -0.354 e. The number of aromatic nitrogens is 6. The summed E-state index contributed by atoms with van der Waals surface area (Å²) in [5.74, 6) is 0.660. The molecule has 1 aliphatic carbocycles. The summed E-state index contributed by atoms with van der Waals surface area (Å²) >= 11 is 0. The van der Waals surface area contributed by atoms with Gasteiger partial charge >= 0.3 is 0 Å². The van der Waals surface area contributed by atoms with Gasteiger partial charge in [-0.2, -0.15) is 10.1 Å². The number of carbonyl (C=O) groups is 1. The zero-order valence-electron chi connectivity index (χ0n) is 16.1. The van der Waals surface area contributed by atoms with Crippen LogP contribution in [-0.4, -0.2) is 47.5 Å². The van der Waals surface area contributed by atoms with E-state index in [9.17, 15) is 4.79 Å². The molecule has 1 saturated carbocycles. The van der Waals surface area contributed by atoms with Crippen LogP contribution < -0.4 is 10.6 Å². The first-order valence-electron chi connectivity index (χ1n) is 9.84. The molecule has 4 aromatic rings. The highest BCUT2D eigenvalue weighted by atomic mass is 16.1. The third kappa shape index (κ3) is 3.51. The van der Waals surface area contributed by atoms with Crippen LogP contribution in [0.15, 0.2) is 36.9 Å². The van der Waals surface area contributed by atoms with Gasteiger partial charge in [-0.25, -0.2) is 14.5 Å². The number of rotatable bonds is 4. The van der Waals surface area contributed by atoms with Gasteiger partial charge in [0.1, 0.15) is 5.65 Å². The predicted molar refractivity (Wildman–Crippen MR) is 109 cm³/mol. The van der Waals surface area contributed by atoms with E-state index in [0.717, 1.165) is 53.6 Å². The van der Waals surface area contributed by atoms with E-state index in [1.807, 2.05) is 30.7 Å². The van der Waals surface area contributed by atoms with Crippen LogP contribution in [0.4, 0.5) is 5.95 Å². The van der Waals surface area contributed by atoms with Crippen molar-refractivity contribution in [3.8, 4) is 11.3 Å². The van der Waals surface area contributed by atoms with E-state index in [0.29, 0.717) is 12.0 Å². The van der Waals surface area contributed by atoms with E-state index in [4.69, 9.17) is 0 Å². The first kappa shape index (κ1) is 17.6. The summed E-state index contributed by atoms with van der Waals surface area (Å²) in [5, 5.41) is 11.6. The average molecular weight is 390 g/mol. The highest BCUT2D eigenvalue weighted by molar-refractivity contribution is 5.92. The lowest BCUT2D eigenvalue weighted by molar-refractivity contribution is -0.119. The summed E-state index contributed by atoms with van der Waals surface area (Å²) in [5.41, 5.74) is 3.39. The molecule has 1 fully saturated rings. The third-order valence-corrected chi connectivity index (χ3v) is 5.43. The second kappa shape index (κ2) is 7.16. The molecule has 0 aromatic carbocycles. The number of nitrogens with zero attached hydrogens (tertiary/aromatic N) is 5. The molecule has 3 N–H and O–H groups in total. The van der Waals surface area contributed by atoms with Crippen molar-refractivity contribution >= 4 is 28.5 Å². The maximum absolute atomic E-state index is 11.2. The van der Waals surface area contributed by atoms with Gasteiger partial charge in [-0.15, -0.1) is 0 Å². The van der Waals surface area contributed by atoms with E-state index < -0.39 is 0 Å². The Labute approximate surface area is 167 Å². The number of amides is 1. The van der Waals surface area contributed by atoms with Crippen LogP contribution in [0.2, 0.25) is 0 Å². The molecule has 1 aliphatic rings. The SMILES string of the molecule is CC(=O)N[C@H]1CC[C@@H](Nc2ncc3c(-c4ccn5nccc5n4)c[nH]c3n2)CC1.